The predicted octanol–water partition coefficient (Wildman–Crippen LogP) is 1.77. The van der Waals surface area contributed by atoms with Crippen LogP contribution in [-0.2, 0) is 0 Å². The third kappa shape index (κ3) is 1.62. The van der Waals surface area contributed by atoms with Crippen LogP contribution in [-0.4, -0.2) is 15.8 Å². The van der Waals surface area contributed by atoms with Crippen molar-refractivity contribution in [1.82, 2.24) is 9.97 Å². The monoisotopic (exact) mass is 190 g/mol. The first-order chi connectivity index (χ1) is 6.38. The van der Waals surface area contributed by atoms with E-state index in [1.807, 2.05) is 0 Å². The Bertz CT molecular complexity index is 397. The van der Waals surface area contributed by atoms with Crippen molar-refractivity contribution < 1.29 is 4.79 Å². The van der Waals surface area contributed by atoms with E-state index in [1.54, 1.807) is 36.1 Å². The van der Waals surface area contributed by atoms with Crippen LogP contribution in [0.4, 0.5) is 0 Å². The number of carbonyl (C=O) groups is 1. The Morgan fingerprint density at radius 1 is 1.23 bits per heavy atom. The molecule has 0 aromatic carbocycles. The normalized spacial score (nSPS) is 9.85. The Morgan fingerprint density at radius 2 is 2.00 bits per heavy atom. The minimum atomic E-state index is -0.0441. The summed E-state index contributed by atoms with van der Waals surface area (Å²) in [4.78, 5) is 19.4. The molecule has 0 fully saturated rings. The van der Waals surface area contributed by atoms with Gasteiger partial charge in [-0.1, -0.05) is 0 Å². The zero-order valence-corrected chi connectivity index (χ0v) is 7.49. The maximum absolute atomic E-state index is 11.6. The summed E-state index contributed by atoms with van der Waals surface area (Å²) in [6, 6.07) is 3.37. The van der Waals surface area contributed by atoms with Gasteiger partial charge < -0.3 is 0 Å². The van der Waals surface area contributed by atoms with E-state index in [9.17, 15) is 4.79 Å². The number of rotatable bonds is 2. The van der Waals surface area contributed by atoms with Crippen LogP contribution in [0.2, 0.25) is 0 Å². The van der Waals surface area contributed by atoms with Gasteiger partial charge in [0.05, 0.1) is 0 Å². The number of thiazole rings is 1. The van der Waals surface area contributed by atoms with Crippen molar-refractivity contribution >= 4 is 17.1 Å². The molecule has 0 aliphatic rings. The summed E-state index contributed by atoms with van der Waals surface area (Å²) < 4.78 is 0. The molecule has 3 nitrogen and oxygen atoms in total. The minimum absolute atomic E-state index is 0.0441. The summed E-state index contributed by atoms with van der Waals surface area (Å²) in [6.45, 7) is 0. The van der Waals surface area contributed by atoms with Gasteiger partial charge in [-0.2, -0.15) is 0 Å². The molecule has 0 bridgehead atoms. The van der Waals surface area contributed by atoms with E-state index in [-0.39, 0.29) is 5.78 Å². The summed E-state index contributed by atoms with van der Waals surface area (Å²) >= 11 is 1.34. The van der Waals surface area contributed by atoms with Gasteiger partial charge in [-0.15, -0.1) is 11.3 Å². The Hall–Kier alpha value is -1.55. The highest BCUT2D eigenvalue weighted by Crippen LogP contribution is 2.10. The molecular formula is C9H6N2OS. The van der Waals surface area contributed by atoms with Crippen molar-refractivity contribution in [3.05, 3.63) is 46.7 Å². The van der Waals surface area contributed by atoms with Gasteiger partial charge in [-0.3, -0.25) is 9.78 Å². The average Bonchev–Trinajstić information content (AvgIpc) is 2.71. The van der Waals surface area contributed by atoms with Crippen LogP contribution < -0.4 is 0 Å². The van der Waals surface area contributed by atoms with E-state index in [1.165, 1.54) is 11.3 Å². The molecule has 0 radical (unpaired) electrons. The van der Waals surface area contributed by atoms with Crippen LogP contribution in [0, 0.1) is 0 Å². The number of carbonyl (C=O) groups excluding carboxylic acids is 1. The fraction of sp³-hybridized carbons (Fsp3) is 0. The van der Waals surface area contributed by atoms with E-state index < -0.39 is 0 Å². The maximum Gasteiger partial charge on any atom is 0.221 e. The smallest absolute Gasteiger partial charge is 0.221 e. The van der Waals surface area contributed by atoms with Gasteiger partial charge in [-0.05, 0) is 12.1 Å². The molecule has 2 rings (SSSR count). The Morgan fingerprint density at radius 3 is 2.62 bits per heavy atom. The number of pyridine rings is 1. The summed E-state index contributed by atoms with van der Waals surface area (Å²) in [5.74, 6) is -0.0441. The van der Waals surface area contributed by atoms with Gasteiger partial charge >= 0.3 is 0 Å². The molecule has 2 aromatic heterocycles. The molecule has 0 saturated carbocycles. The standard InChI is InChI=1S/C9H6N2OS/c12-8(9-11-5-6-13-9)7-1-3-10-4-2-7/h1-6H. The Kier molecular flexibility index (Phi) is 2.14. The van der Waals surface area contributed by atoms with E-state index in [2.05, 4.69) is 9.97 Å². The first kappa shape index (κ1) is 8.07. The van der Waals surface area contributed by atoms with Crippen molar-refractivity contribution in [2.24, 2.45) is 0 Å². The Labute approximate surface area is 79.1 Å². The molecule has 0 N–H and O–H groups in total. The molecule has 2 aromatic rings. The molecule has 0 atom stereocenters. The summed E-state index contributed by atoms with van der Waals surface area (Å²) in [5, 5.41) is 2.31. The molecule has 0 aliphatic carbocycles. The molecular weight excluding hydrogens is 184 g/mol. The van der Waals surface area contributed by atoms with E-state index in [4.69, 9.17) is 0 Å². The lowest BCUT2D eigenvalue weighted by Crippen LogP contribution is -1.99. The van der Waals surface area contributed by atoms with Crippen molar-refractivity contribution in [2.75, 3.05) is 0 Å². The number of hydrogen-bond acceptors (Lipinski definition) is 4. The highest BCUT2D eigenvalue weighted by molar-refractivity contribution is 7.11. The molecule has 0 spiro atoms. The second-order valence-electron chi connectivity index (χ2n) is 2.40. The molecule has 0 saturated heterocycles. The van der Waals surface area contributed by atoms with Gasteiger partial charge in [0.25, 0.3) is 0 Å². The fourth-order valence-corrected chi connectivity index (χ4v) is 1.56. The van der Waals surface area contributed by atoms with Crippen molar-refractivity contribution in [3.8, 4) is 0 Å². The van der Waals surface area contributed by atoms with Gasteiger partial charge in [0.15, 0.2) is 5.01 Å². The zero-order valence-electron chi connectivity index (χ0n) is 6.68. The molecule has 2 heterocycles. The summed E-state index contributed by atoms with van der Waals surface area (Å²) in [5.41, 5.74) is 0.630. The molecule has 0 aliphatic heterocycles. The second kappa shape index (κ2) is 3.45. The first-order valence-electron chi connectivity index (χ1n) is 3.72. The zero-order chi connectivity index (χ0) is 9.10. The number of hydrogen-bond donors (Lipinski definition) is 0. The lowest BCUT2D eigenvalue weighted by Gasteiger charge is -1.94. The topological polar surface area (TPSA) is 42.9 Å². The molecule has 4 heteroatoms. The molecule has 64 valence electrons. The highest BCUT2D eigenvalue weighted by atomic mass is 32.1. The second-order valence-corrected chi connectivity index (χ2v) is 3.30. The molecule has 13 heavy (non-hydrogen) atoms. The minimum Gasteiger partial charge on any atom is -0.286 e. The maximum atomic E-state index is 11.6. The van der Waals surface area contributed by atoms with E-state index in [0.717, 1.165) is 0 Å². The fourth-order valence-electron chi connectivity index (χ4n) is 0.962. The van der Waals surface area contributed by atoms with Crippen LogP contribution in [0.3, 0.4) is 0 Å². The van der Waals surface area contributed by atoms with Crippen molar-refractivity contribution in [3.63, 3.8) is 0 Å². The summed E-state index contributed by atoms with van der Waals surface area (Å²) in [7, 11) is 0. The van der Waals surface area contributed by atoms with Crippen LogP contribution >= 0.6 is 11.3 Å². The van der Waals surface area contributed by atoms with Crippen molar-refractivity contribution in [2.45, 2.75) is 0 Å². The SMILES string of the molecule is O=C(c1ccncc1)c1nccs1. The quantitative estimate of drug-likeness (QED) is 0.678. The highest BCUT2D eigenvalue weighted by Gasteiger charge is 2.09. The number of aromatic nitrogens is 2. The van der Waals surface area contributed by atoms with Crippen LogP contribution in [0.5, 0.6) is 0 Å². The van der Waals surface area contributed by atoms with Crippen LogP contribution in [0.25, 0.3) is 0 Å². The summed E-state index contributed by atoms with van der Waals surface area (Å²) in [6.07, 6.45) is 4.82. The van der Waals surface area contributed by atoms with Gasteiger partial charge in [0, 0.05) is 29.5 Å². The van der Waals surface area contributed by atoms with Crippen molar-refractivity contribution in [1.29, 1.82) is 0 Å². The average molecular weight is 190 g/mol. The lowest BCUT2D eigenvalue weighted by atomic mass is 10.2. The first-order valence-corrected chi connectivity index (χ1v) is 4.60. The predicted molar refractivity (Wildman–Crippen MR) is 49.8 cm³/mol. The van der Waals surface area contributed by atoms with E-state index >= 15 is 0 Å². The lowest BCUT2D eigenvalue weighted by molar-refractivity contribution is 0.103. The van der Waals surface area contributed by atoms with Gasteiger partial charge in [-0.25, -0.2) is 4.98 Å². The van der Waals surface area contributed by atoms with Gasteiger partial charge in [0.1, 0.15) is 0 Å². The van der Waals surface area contributed by atoms with Crippen LogP contribution in [0.1, 0.15) is 15.4 Å². The Balaban J connectivity index is 2.34. The molecule has 0 amide bonds. The molecule has 0 unspecified atom stereocenters. The largest absolute Gasteiger partial charge is 0.286 e. The van der Waals surface area contributed by atoms with Crippen LogP contribution in [0.15, 0.2) is 36.1 Å². The number of ketones is 1. The van der Waals surface area contributed by atoms with E-state index in [0.29, 0.717) is 10.6 Å². The number of nitrogens with zero attached hydrogens (tertiary/aromatic N) is 2. The van der Waals surface area contributed by atoms with Gasteiger partial charge in [0.2, 0.25) is 5.78 Å². The third-order valence-electron chi connectivity index (χ3n) is 1.57. The third-order valence-corrected chi connectivity index (χ3v) is 2.34.